The first kappa shape index (κ1) is 14.5. The number of halogens is 1. The van der Waals surface area contributed by atoms with E-state index in [1.165, 1.54) is 12.1 Å². The molecule has 0 aliphatic heterocycles. The summed E-state index contributed by atoms with van der Waals surface area (Å²) in [5.74, 6) is -1.05. The number of hydrogen-bond donors (Lipinski definition) is 1. The number of hydrogen-bond acceptors (Lipinski definition) is 3. The standard InChI is InChI=1S/C13H15BrO4S/c14-12-7-9(13(15)16)5-6-10(12)8-19(17,18)11-3-1-2-4-11/h5-7,11H,1-4,8H2,(H,15,16). The van der Waals surface area contributed by atoms with Gasteiger partial charge in [-0.2, -0.15) is 0 Å². The zero-order valence-corrected chi connectivity index (χ0v) is 12.7. The van der Waals surface area contributed by atoms with Crippen molar-refractivity contribution in [2.75, 3.05) is 0 Å². The highest BCUT2D eigenvalue weighted by atomic mass is 79.9. The summed E-state index contributed by atoms with van der Waals surface area (Å²) in [6.45, 7) is 0. The third kappa shape index (κ3) is 3.36. The molecule has 19 heavy (non-hydrogen) atoms. The van der Waals surface area contributed by atoms with Crippen LogP contribution in [0.4, 0.5) is 0 Å². The summed E-state index contributed by atoms with van der Waals surface area (Å²) in [4.78, 5) is 10.8. The maximum atomic E-state index is 12.2. The van der Waals surface area contributed by atoms with Crippen molar-refractivity contribution < 1.29 is 18.3 Å². The first-order valence-corrected chi connectivity index (χ1v) is 8.64. The van der Waals surface area contributed by atoms with Gasteiger partial charge in [-0.05, 0) is 30.5 Å². The fourth-order valence-corrected chi connectivity index (χ4v) is 5.06. The van der Waals surface area contributed by atoms with Gasteiger partial charge < -0.3 is 5.11 Å². The van der Waals surface area contributed by atoms with Crippen LogP contribution in [0.15, 0.2) is 22.7 Å². The van der Waals surface area contributed by atoms with Gasteiger partial charge in [-0.15, -0.1) is 0 Å². The van der Waals surface area contributed by atoms with E-state index in [1.807, 2.05) is 0 Å². The Kier molecular flexibility index (Phi) is 4.30. The van der Waals surface area contributed by atoms with Gasteiger partial charge in [0.25, 0.3) is 0 Å². The average molecular weight is 347 g/mol. The Labute approximate surface area is 120 Å². The maximum Gasteiger partial charge on any atom is 0.335 e. The number of carbonyl (C=O) groups is 1. The third-order valence-electron chi connectivity index (χ3n) is 3.47. The monoisotopic (exact) mass is 346 g/mol. The second-order valence-corrected chi connectivity index (χ2v) is 7.96. The molecule has 0 aromatic heterocycles. The van der Waals surface area contributed by atoms with Crippen LogP contribution >= 0.6 is 15.9 Å². The van der Waals surface area contributed by atoms with E-state index in [0.717, 1.165) is 25.7 Å². The second kappa shape index (κ2) is 5.63. The van der Waals surface area contributed by atoms with E-state index in [-0.39, 0.29) is 16.6 Å². The molecule has 0 saturated heterocycles. The van der Waals surface area contributed by atoms with Gasteiger partial charge in [-0.25, -0.2) is 13.2 Å². The van der Waals surface area contributed by atoms with E-state index in [2.05, 4.69) is 15.9 Å². The van der Waals surface area contributed by atoms with E-state index < -0.39 is 15.8 Å². The minimum Gasteiger partial charge on any atom is -0.478 e. The van der Waals surface area contributed by atoms with Crippen LogP contribution in [-0.2, 0) is 15.6 Å². The van der Waals surface area contributed by atoms with Crippen LogP contribution < -0.4 is 0 Å². The summed E-state index contributed by atoms with van der Waals surface area (Å²) >= 11 is 3.25. The normalized spacial score (nSPS) is 16.7. The van der Waals surface area contributed by atoms with Crippen molar-refractivity contribution in [3.63, 3.8) is 0 Å². The average Bonchev–Trinajstić information content (AvgIpc) is 2.85. The summed E-state index contributed by atoms with van der Waals surface area (Å²) in [5.41, 5.74) is 0.769. The molecule has 0 amide bonds. The molecule has 0 spiro atoms. The van der Waals surface area contributed by atoms with Crippen molar-refractivity contribution in [2.24, 2.45) is 0 Å². The summed E-state index contributed by atoms with van der Waals surface area (Å²) in [7, 11) is -3.15. The van der Waals surface area contributed by atoms with E-state index in [0.29, 0.717) is 10.0 Å². The van der Waals surface area contributed by atoms with Crippen LogP contribution in [0, 0.1) is 0 Å². The van der Waals surface area contributed by atoms with Gasteiger partial charge in [-0.3, -0.25) is 0 Å². The molecule has 0 atom stereocenters. The molecular weight excluding hydrogens is 332 g/mol. The molecule has 104 valence electrons. The molecule has 1 fully saturated rings. The number of carboxylic acid groups (broad SMARTS) is 1. The summed E-state index contributed by atoms with van der Waals surface area (Å²) in [6.07, 6.45) is 3.44. The zero-order valence-electron chi connectivity index (χ0n) is 10.3. The molecule has 1 aliphatic rings. The Hall–Kier alpha value is -0.880. The molecule has 6 heteroatoms. The molecule has 1 aliphatic carbocycles. The van der Waals surface area contributed by atoms with Gasteiger partial charge in [0, 0.05) is 4.47 Å². The van der Waals surface area contributed by atoms with E-state index >= 15 is 0 Å². The van der Waals surface area contributed by atoms with Crippen molar-refractivity contribution in [1.29, 1.82) is 0 Å². The van der Waals surface area contributed by atoms with Gasteiger partial charge in [0.05, 0.1) is 16.6 Å². The molecule has 1 N–H and O–H groups in total. The summed E-state index contributed by atoms with van der Waals surface area (Å²) in [5, 5.41) is 8.63. The highest BCUT2D eigenvalue weighted by Crippen LogP contribution is 2.29. The van der Waals surface area contributed by atoms with E-state index in [4.69, 9.17) is 5.11 Å². The lowest BCUT2D eigenvalue weighted by molar-refractivity contribution is 0.0697. The van der Waals surface area contributed by atoms with Gasteiger partial charge in [0.2, 0.25) is 0 Å². The number of benzene rings is 1. The fourth-order valence-electron chi connectivity index (χ4n) is 2.38. The van der Waals surface area contributed by atoms with Gasteiger partial charge in [0.1, 0.15) is 0 Å². The highest BCUT2D eigenvalue weighted by molar-refractivity contribution is 9.10. The first-order valence-electron chi connectivity index (χ1n) is 6.13. The zero-order chi connectivity index (χ0) is 14.0. The number of rotatable bonds is 4. The van der Waals surface area contributed by atoms with Crippen molar-refractivity contribution in [3.8, 4) is 0 Å². The van der Waals surface area contributed by atoms with E-state index in [1.54, 1.807) is 6.07 Å². The molecule has 1 aromatic rings. The first-order chi connectivity index (χ1) is 8.90. The molecule has 4 nitrogen and oxygen atoms in total. The molecule has 0 unspecified atom stereocenters. The van der Waals surface area contributed by atoms with Crippen LogP contribution in [0.5, 0.6) is 0 Å². The van der Waals surface area contributed by atoms with Crippen LogP contribution in [0.25, 0.3) is 0 Å². The molecule has 0 bridgehead atoms. The van der Waals surface area contributed by atoms with Crippen LogP contribution in [0.3, 0.4) is 0 Å². The lowest BCUT2D eigenvalue weighted by Crippen LogP contribution is -2.19. The Morgan fingerprint density at radius 3 is 2.47 bits per heavy atom. The quantitative estimate of drug-likeness (QED) is 0.909. The second-order valence-electron chi connectivity index (χ2n) is 4.83. The van der Waals surface area contributed by atoms with Crippen molar-refractivity contribution >= 4 is 31.7 Å². The highest BCUT2D eigenvalue weighted by Gasteiger charge is 2.29. The summed E-state index contributed by atoms with van der Waals surface area (Å²) < 4.78 is 25.0. The molecule has 2 rings (SSSR count). The number of aromatic carboxylic acids is 1. The Morgan fingerprint density at radius 1 is 1.32 bits per heavy atom. The largest absolute Gasteiger partial charge is 0.478 e. The Balaban J connectivity index is 2.21. The van der Waals surface area contributed by atoms with Crippen LogP contribution in [0.2, 0.25) is 0 Å². The van der Waals surface area contributed by atoms with Crippen molar-refractivity contribution in [3.05, 3.63) is 33.8 Å². The minimum atomic E-state index is -3.15. The lowest BCUT2D eigenvalue weighted by Gasteiger charge is -2.12. The molecule has 1 aromatic carbocycles. The molecule has 1 saturated carbocycles. The molecular formula is C13H15BrO4S. The molecule has 0 radical (unpaired) electrons. The van der Waals surface area contributed by atoms with Gasteiger partial charge >= 0.3 is 5.97 Å². The fraction of sp³-hybridized carbons (Fsp3) is 0.462. The minimum absolute atomic E-state index is 0.0296. The summed E-state index contributed by atoms with van der Waals surface area (Å²) in [6, 6.07) is 4.45. The predicted octanol–water partition coefficient (Wildman–Crippen LogP) is 3.00. The Morgan fingerprint density at radius 2 is 1.95 bits per heavy atom. The maximum absolute atomic E-state index is 12.2. The predicted molar refractivity (Wildman–Crippen MR) is 76.0 cm³/mol. The van der Waals surface area contributed by atoms with Crippen molar-refractivity contribution in [2.45, 2.75) is 36.7 Å². The van der Waals surface area contributed by atoms with Gasteiger partial charge in [-0.1, -0.05) is 34.8 Å². The topological polar surface area (TPSA) is 71.4 Å². The van der Waals surface area contributed by atoms with Crippen LogP contribution in [0.1, 0.15) is 41.6 Å². The third-order valence-corrected chi connectivity index (χ3v) is 6.41. The SMILES string of the molecule is O=C(O)c1ccc(CS(=O)(=O)C2CCCC2)c(Br)c1. The number of carboxylic acids is 1. The smallest absolute Gasteiger partial charge is 0.335 e. The van der Waals surface area contributed by atoms with Crippen LogP contribution in [-0.4, -0.2) is 24.7 Å². The van der Waals surface area contributed by atoms with Crippen molar-refractivity contribution in [1.82, 2.24) is 0 Å². The van der Waals surface area contributed by atoms with E-state index in [9.17, 15) is 13.2 Å². The lowest BCUT2D eigenvalue weighted by atomic mass is 10.1. The number of sulfone groups is 1. The molecule has 0 heterocycles. The Bertz CT molecular complexity index is 589. The van der Waals surface area contributed by atoms with Gasteiger partial charge in [0.15, 0.2) is 9.84 Å².